The minimum absolute atomic E-state index is 0.183. The van der Waals surface area contributed by atoms with E-state index in [1.807, 2.05) is 0 Å². The van der Waals surface area contributed by atoms with Gasteiger partial charge in [-0.25, -0.2) is 18.4 Å². The molecule has 9 heteroatoms. The lowest BCUT2D eigenvalue weighted by Gasteiger charge is -2.08. The normalized spacial score (nSPS) is 11.1. The summed E-state index contributed by atoms with van der Waals surface area (Å²) in [4.78, 5) is 37.6. The van der Waals surface area contributed by atoms with Crippen LogP contribution in [0.5, 0.6) is 0 Å². The summed E-state index contributed by atoms with van der Waals surface area (Å²) >= 11 is 0.985. The fourth-order valence-electron chi connectivity index (χ4n) is 2.55. The molecule has 0 aliphatic rings. The van der Waals surface area contributed by atoms with Crippen LogP contribution in [0.4, 0.5) is 8.78 Å². The summed E-state index contributed by atoms with van der Waals surface area (Å²) in [5, 5.41) is 0.183. The fourth-order valence-corrected chi connectivity index (χ4v) is 3.55. The van der Waals surface area contributed by atoms with Gasteiger partial charge >= 0.3 is 11.7 Å². The zero-order valence-electron chi connectivity index (χ0n) is 13.9. The molecular weight excluding hydrogens is 366 g/mol. The molecule has 0 aliphatic carbocycles. The van der Waals surface area contributed by atoms with Gasteiger partial charge in [-0.2, -0.15) is 0 Å². The van der Waals surface area contributed by atoms with Gasteiger partial charge in [0.05, 0.1) is 18.5 Å². The van der Waals surface area contributed by atoms with Gasteiger partial charge in [0, 0.05) is 7.05 Å². The number of esters is 1. The first-order valence-electron chi connectivity index (χ1n) is 7.68. The summed E-state index contributed by atoms with van der Waals surface area (Å²) in [5.41, 5.74) is -0.965. The number of benzene rings is 1. The second-order valence-electron chi connectivity index (χ2n) is 5.53. The summed E-state index contributed by atoms with van der Waals surface area (Å²) in [6, 6.07) is 4.54. The molecule has 136 valence electrons. The van der Waals surface area contributed by atoms with Gasteiger partial charge in [-0.05, 0) is 30.7 Å². The van der Waals surface area contributed by atoms with E-state index in [2.05, 4.69) is 0 Å². The van der Waals surface area contributed by atoms with Crippen molar-refractivity contribution in [2.75, 3.05) is 6.61 Å². The number of aryl methyl sites for hydroxylation is 1. The van der Waals surface area contributed by atoms with Crippen LogP contribution >= 0.6 is 11.3 Å². The SMILES string of the molecule is CCOC(=O)c1cc2c(=O)n(Cc3ccc(F)c(F)c3)c(=O)n(C)c2s1. The number of halogens is 2. The Morgan fingerprint density at radius 1 is 1.19 bits per heavy atom. The number of thiophene rings is 1. The summed E-state index contributed by atoms with van der Waals surface area (Å²) in [6.45, 7) is 1.63. The van der Waals surface area contributed by atoms with Crippen molar-refractivity contribution in [3.05, 3.63) is 67.2 Å². The largest absolute Gasteiger partial charge is 0.462 e. The van der Waals surface area contributed by atoms with E-state index in [0.29, 0.717) is 4.83 Å². The summed E-state index contributed by atoms with van der Waals surface area (Å²) in [6.07, 6.45) is 0. The van der Waals surface area contributed by atoms with E-state index in [-0.39, 0.29) is 29.0 Å². The van der Waals surface area contributed by atoms with Crippen LogP contribution in [-0.2, 0) is 18.3 Å². The molecule has 0 atom stereocenters. The lowest BCUT2D eigenvalue weighted by atomic mass is 10.2. The van der Waals surface area contributed by atoms with Crippen molar-refractivity contribution in [2.24, 2.45) is 7.05 Å². The van der Waals surface area contributed by atoms with Crippen molar-refractivity contribution in [1.82, 2.24) is 9.13 Å². The smallest absolute Gasteiger partial charge is 0.348 e. The van der Waals surface area contributed by atoms with Gasteiger partial charge in [-0.15, -0.1) is 11.3 Å². The van der Waals surface area contributed by atoms with Crippen molar-refractivity contribution in [2.45, 2.75) is 13.5 Å². The van der Waals surface area contributed by atoms with Gasteiger partial charge in [0.25, 0.3) is 5.56 Å². The molecule has 0 fully saturated rings. The van der Waals surface area contributed by atoms with E-state index < -0.39 is 28.9 Å². The number of nitrogens with zero attached hydrogens (tertiary/aromatic N) is 2. The molecule has 3 rings (SSSR count). The Labute approximate surface area is 149 Å². The predicted octanol–water partition coefficient (Wildman–Crippen LogP) is 2.26. The number of hydrogen-bond acceptors (Lipinski definition) is 5. The lowest BCUT2D eigenvalue weighted by molar-refractivity contribution is 0.0532. The third-order valence-corrected chi connectivity index (χ3v) is 5.00. The number of hydrogen-bond donors (Lipinski definition) is 0. The molecule has 0 saturated heterocycles. The number of carbonyl (C=O) groups excluding carboxylic acids is 1. The van der Waals surface area contributed by atoms with Crippen LogP contribution in [0.3, 0.4) is 0 Å². The Kier molecular flexibility index (Phi) is 4.73. The summed E-state index contributed by atoms with van der Waals surface area (Å²) in [5.74, 6) is -2.65. The van der Waals surface area contributed by atoms with Gasteiger partial charge in [0.1, 0.15) is 9.71 Å². The summed E-state index contributed by atoms with van der Waals surface area (Å²) in [7, 11) is 1.47. The number of ether oxygens (including phenoxy) is 1. The molecule has 2 heterocycles. The third-order valence-electron chi connectivity index (χ3n) is 3.81. The number of fused-ring (bicyclic) bond motifs is 1. The van der Waals surface area contributed by atoms with E-state index >= 15 is 0 Å². The third kappa shape index (κ3) is 3.05. The van der Waals surface area contributed by atoms with E-state index in [9.17, 15) is 23.2 Å². The quantitative estimate of drug-likeness (QED) is 0.651. The molecule has 0 amide bonds. The van der Waals surface area contributed by atoms with Crippen LogP contribution in [0.1, 0.15) is 22.2 Å². The molecule has 0 spiro atoms. The highest BCUT2D eigenvalue weighted by Gasteiger charge is 2.18. The Hall–Kier alpha value is -2.81. The van der Waals surface area contributed by atoms with Crippen molar-refractivity contribution in [1.29, 1.82) is 0 Å². The molecule has 0 saturated carbocycles. The van der Waals surface area contributed by atoms with Crippen LogP contribution in [0.2, 0.25) is 0 Å². The van der Waals surface area contributed by atoms with E-state index in [1.165, 1.54) is 23.7 Å². The van der Waals surface area contributed by atoms with Crippen LogP contribution in [-0.4, -0.2) is 21.7 Å². The molecule has 0 aliphatic heterocycles. The molecule has 26 heavy (non-hydrogen) atoms. The van der Waals surface area contributed by atoms with Crippen molar-refractivity contribution in [3.8, 4) is 0 Å². The minimum Gasteiger partial charge on any atom is -0.462 e. The fraction of sp³-hybridized carbons (Fsp3) is 0.235. The van der Waals surface area contributed by atoms with Crippen LogP contribution in [0.15, 0.2) is 33.9 Å². The molecule has 1 aromatic carbocycles. The van der Waals surface area contributed by atoms with Crippen LogP contribution in [0, 0.1) is 11.6 Å². The van der Waals surface area contributed by atoms with Gasteiger partial charge in [-0.1, -0.05) is 6.07 Å². The standard InChI is InChI=1S/C17H14F2N2O4S/c1-3-25-16(23)13-7-10-14(22)21(17(24)20(2)15(10)26-13)8-9-4-5-11(18)12(19)6-9/h4-7H,3,8H2,1-2H3. The van der Waals surface area contributed by atoms with E-state index in [4.69, 9.17) is 4.74 Å². The van der Waals surface area contributed by atoms with Crippen molar-refractivity contribution in [3.63, 3.8) is 0 Å². The molecule has 0 radical (unpaired) electrons. The second-order valence-corrected chi connectivity index (χ2v) is 6.56. The number of carbonyl (C=O) groups is 1. The van der Waals surface area contributed by atoms with Crippen molar-refractivity contribution < 1.29 is 18.3 Å². The molecule has 0 unspecified atom stereocenters. The maximum atomic E-state index is 13.4. The highest BCUT2D eigenvalue weighted by atomic mass is 32.1. The molecule has 6 nitrogen and oxygen atoms in total. The first kappa shape index (κ1) is 18.0. The first-order valence-corrected chi connectivity index (χ1v) is 8.49. The lowest BCUT2D eigenvalue weighted by Crippen LogP contribution is -2.38. The molecule has 2 aromatic heterocycles. The molecule has 0 N–H and O–H groups in total. The Bertz CT molecular complexity index is 1130. The van der Waals surface area contributed by atoms with Crippen molar-refractivity contribution >= 4 is 27.5 Å². The highest BCUT2D eigenvalue weighted by molar-refractivity contribution is 7.20. The number of rotatable bonds is 4. The molecular formula is C17H14F2N2O4S. The molecule has 3 aromatic rings. The van der Waals surface area contributed by atoms with E-state index in [1.54, 1.807) is 6.92 Å². The Morgan fingerprint density at radius 3 is 2.58 bits per heavy atom. The number of aromatic nitrogens is 2. The zero-order chi connectivity index (χ0) is 19.0. The van der Waals surface area contributed by atoms with Gasteiger partial charge < -0.3 is 4.74 Å². The minimum atomic E-state index is -1.06. The monoisotopic (exact) mass is 380 g/mol. The van der Waals surface area contributed by atoms with Gasteiger partial charge in [0.2, 0.25) is 0 Å². The van der Waals surface area contributed by atoms with Crippen LogP contribution in [0.25, 0.3) is 10.2 Å². The average Bonchev–Trinajstić information content (AvgIpc) is 3.06. The second kappa shape index (κ2) is 6.83. The average molecular weight is 380 g/mol. The first-order chi connectivity index (χ1) is 12.3. The highest BCUT2D eigenvalue weighted by Crippen LogP contribution is 2.22. The van der Waals surface area contributed by atoms with Gasteiger partial charge in [-0.3, -0.25) is 13.9 Å². The van der Waals surface area contributed by atoms with Crippen LogP contribution < -0.4 is 11.2 Å². The predicted molar refractivity (Wildman–Crippen MR) is 92.7 cm³/mol. The molecule has 0 bridgehead atoms. The Balaban J connectivity index is 2.14. The summed E-state index contributed by atoms with van der Waals surface area (Å²) < 4.78 is 33.5. The van der Waals surface area contributed by atoms with Gasteiger partial charge in [0.15, 0.2) is 11.6 Å². The van der Waals surface area contributed by atoms with E-state index in [0.717, 1.165) is 28.0 Å². The zero-order valence-corrected chi connectivity index (χ0v) is 14.7. The topological polar surface area (TPSA) is 70.3 Å². The maximum absolute atomic E-state index is 13.4. The Morgan fingerprint density at radius 2 is 1.92 bits per heavy atom. The maximum Gasteiger partial charge on any atom is 0.348 e.